The van der Waals surface area contributed by atoms with E-state index in [0.717, 1.165) is 19.4 Å². The van der Waals surface area contributed by atoms with Gasteiger partial charge < -0.3 is 9.42 Å². The van der Waals surface area contributed by atoms with E-state index in [1.54, 1.807) is 31.2 Å². The molecular formula is C15H16ClN3O2. The highest BCUT2D eigenvalue weighted by atomic mass is 35.5. The normalized spacial score (nSPS) is 18.8. The SMILES string of the molecule is Cc1noc([C@@H]2CCCN(C(=O)c3cccc(Cl)c3)C2)n1. The molecule has 6 heteroatoms. The van der Waals surface area contributed by atoms with Crippen LogP contribution in [0.4, 0.5) is 0 Å². The number of amides is 1. The molecule has 5 nitrogen and oxygen atoms in total. The Balaban J connectivity index is 1.75. The van der Waals surface area contributed by atoms with Crippen molar-refractivity contribution in [3.8, 4) is 0 Å². The van der Waals surface area contributed by atoms with Gasteiger partial charge >= 0.3 is 0 Å². The lowest BCUT2D eigenvalue weighted by Gasteiger charge is -2.31. The average Bonchev–Trinajstić information content (AvgIpc) is 2.93. The maximum Gasteiger partial charge on any atom is 0.253 e. The minimum atomic E-state index is -0.00145. The van der Waals surface area contributed by atoms with Crippen LogP contribution in [0.1, 0.15) is 40.8 Å². The predicted molar refractivity (Wildman–Crippen MR) is 78.4 cm³/mol. The van der Waals surface area contributed by atoms with Crippen LogP contribution in [-0.2, 0) is 0 Å². The molecule has 1 amide bonds. The summed E-state index contributed by atoms with van der Waals surface area (Å²) in [6.45, 7) is 3.15. The van der Waals surface area contributed by atoms with Crippen molar-refractivity contribution in [3.63, 3.8) is 0 Å². The zero-order valence-electron chi connectivity index (χ0n) is 11.8. The Kier molecular flexibility index (Phi) is 3.92. The van der Waals surface area contributed by atoms with Gasteiger partial charge in [0.25, 0.3) is 5.91 Å². The Labute approximate surface area is 127 Å². The largest absolute Gasteiger partial charge is 0.339 e. The van der Waals surface area contributed by atoms with Crippen molar-refractivity contribution in [3.05, 3.63) is 46.6 Å². The van der Waals surface area contributed by atoms with Crippen LogP contribution < -0.4 is 0 Å². The standard InChI is InChI=1S/C15H16ClN3O2/c1-10-17-14(21-18-10)12-5-3-7-19(9-12)15(20)11-4-2-6-13(16)8-11/h2,4,6,8,12H,3,5,7,9H2,1H3/t12-/m1/s1. The van der Waals surface area contributed by atoms with Gasteiger partial charge in [0.1, 0.15) is 0 Å². The highest BCUT2D eigenvalue weighted by Crippen LogP contribution is 2.27. The minimum Gasteiger partial charge on any atom is -0.339 e. The number of rotatable bonds is 2. The second-order valence-electron chi connectivity index (χ2n) is 5.28. The molecule has 3 rings (SSSR count). The van der Waals surface area contributed by atoms with Crippen molar-refractivity contribution in [2.75, 3.05) is 13.1 Å². The average molecular weight is 306 g/mol. The van der Waals surface area contributed by atoms with Crippen LogP contribution in [0.5, 0.6) is 0 Å². The molecule has 1 fully saturated rings. The van der Waals surface area contributed by atoms with E-state index in [9.17, 15) is 4.79 Å². The quantitative estimate of drug-likeness (QED) is 0.855. The third-order valence-electron chi connectivity index (χ3n) is 3.67. The van der Waals surface area contributed by atoms with Crippen LogP contribution in [0.15, 0.2) is 28.8 Å². The molecule has 1 aliphatic rings. The monoisotopic (exact) mass is 305 g/mol. The van der Waals surface area contributed by atoms with Gasteiger partial charge in [-0.3, -0.25) is 4.79 Å². The molecule has 0 saturated carbocycles. The number of hydrogen-bond acceptors (Lipinski definition) is 4. The van der Waals surface area contributed by atoms with Gasteiger partial charge in [-0.2, -0.15) is 4.98 Å². The number of aryl methyl sites for hydroxylation is 1. The smallest absolute Gasteiger partial charge is 0.253 e. The Bertz CT molecular complexity index is 656. The van der Waals surface area contributed by atoms with E-state index >= 15 is 0 Å². The number of aromatic nitrogens is 2. The summed E-state index contributed by atoms with van der Waals surface area (Å²) in [4.78, 5) is 18.6. The summed E-state index contributed by atoms with van der Waals surface area (Å²) in [6, 6.07) is 7.04. The number of piperidine rings is 1. The lowest BCUT2D eigenvalue weighted by molar-refractivity contribution is 0.0695. The summed E-state index contributed by atoms with van der Waals surface area (Å²) < 4.78 is 5.24. The molecule has 0 aliphatic carbocycles. The summed E-state index contributed by atoms with van der Waals surface area (Å²) in [7, 11) is 0. The van der Waals surface area contributed by atoms with Gasteiger partial charge in [0.05, 0.1) is 5.92 Å². The molecule has 1 aromatic heterocycles. The topological polar surface area (TPSA) is 59.2 Å². The van der Waals surface area contributed by atoms with E-state index in [1.165, 1.54) is 0 Å². The van der Waals surface area contributed by atoms with Gasteiger partial charge in [-0.25, -0.2) is 0 Å². The molecule has 0 bridgehead atoms. The predicted octanol–water partition coefficient (Wildman–Crippen LogP) is 3.05. The first kappa shape index (κ1) is 14.1. The number of hydrogen-bond donors (Lipinski definition) is 0. The van der Waals surface area contributed by atoms with Crippen LogP contribution >= 0.6 is 11.6 Å². The highest BCUT2D eigenvalue weighted by Gasteiger charge is 2.28. The molecule has 2 heterocycles. The molecule has 21 heavy (non-hydrogen) atoms. The van der Waals surface area contributed by atoms with Crippen LogP contribution in [0.25, 0.3) is 0 Å². The second kappa shape index (κ2) is 5.85. The fourth-order valence-electron chi connectivity index (χ4n) is 2.65. The van der Waals surface area contributed by atoms with Crippen LogP contribution in [0.3, 0.4) is 0 Å². The second-order valence-corrected chi connectivity index (χ2v) is 5.72. The van der Waals surface area contributed by atoms with E-state index in [1.807, 2.05) is 4.90 Å². The van der Waals surface area contributed by atoms with E-state index < -0.39 is 0 Å². The van der Waals surface area contributed by atoms with E-state index in [4.69, 9.17) is 16.1 Å². The van der Waals surface area contributed by atoms with Crippen molar-refractivity contribution >= 4 is 17.5 Å². The van der Waals surface area contributed by atoms with Crippen LogP contribution in [0, 0.1) is 6.92 Å². The number of nitrogens with zero attached hydrogens (tertiary/aromatic N) is 3. The van der Waals surface area contributed by atoms with Crippen molar-refractivity contribution in [2.24, 2.45) is 0 Å². The third-order valence-corrected chi connectivity index (χ3v) is 3.91. The van der Waals surface area contributed by atoms with Crippen LogP contribution in [0.2, 0.25) is 5.02 Å². The highest BCUT2D eigenvalue weighted by molar-refractivity contribution is 6.30. The van der Waals surface area contributed by atoms with Crippen molar-refractivity contribution < 1.29 is 9.32 Å². The lowest BCUT2D eigenvalue weighted by Crippen LogP contribution is -2.39. The first-order chi connectivity index (χ1) is 10.1. The molecule has 0 spiro atoms. The Morgan fingerprint density at radius 1 is 1.48 bits per heavy atom. The first-order valence-corrected chi connectivity index (χ1v) is 7.36. The van der Waals surface area contributed by atoms with Gasteiger partial charge in [-0.1, -0.05) is 22.8 Å². The molecule has 1 atom stereocenters. The Morgan fingerprint density at radius 3 is 3.05 bits per heavy atom. The van der Waals surface area contributed by atoms with Gasteiger partial charge in [-0.05, 0) is 38.0 Å². The van der Waals surface area contributed by atoms with E-state index in [2.05, 4.69) is 10.1 Å². The molecular weight excluding hydrogens is 290 g/mol. The summed E-state index contributed by atoms with van der Waals surface area (Å²) >= 11 is 5.95. The van der Waals surface area contributed by atoms with Crippen LogP contribution in [-0.4, -0.2) is 34.0 Å². The van der Waals surface area contributed by atoms with Gasteiger partial charge in [0.2, 0.25) is 5.89 Å². The van der Waals surface area contributed by atoms with E-state index in [0.29, 0.717) is 28.8 Å². The molecule has 1 aliphatic heterocycles. The van der Waals surface area contributed by atoms with Crippen molar-refractivity contribution in [1.29, 1.82) is 0 Å². The fourth-order valence-corrected chi connectivity index (χ4v) is 2.84. The molecule has 1 saturated heterocycles. The summed E-state index contributed by atoms with van der Waals surface area (Å²) in [6.07, 6.45) is 1.89. The minimum absolute atomic E-state index is 0.00145. The summed E-state index contributed by atoms with van der Waals surface area (Å²) in [5.41, 5.74) is 0.616. The van der Waals surface area contributed by atoms with Crippen molar-refractivity contribution in [1.82, 2.24) is 15.0 Å². The van der Waals surface area contributed by atoms with Gasteiger partial charge in [0, 0.05) is 23.7 Å². The summed E-state index contributed by atoms with van der Waals surface area (Å²) in [5.74, 6) is 1.36. The van der Waals surface area contributed by atoms with Gasteiger partial charge in [-0.15, -0.1) is 0 Å². The maximum absolute atomic E-state index is 12.5. The molecule has 0 N–H and O–H groups in total. The number of likely N-dealkylation sites (tertiary alicyclic amines) is 1. The number of benzene rings is 1. The Morgan fingerprint density at radius 2 is 2.33 bits per heavy atom. The number of halogens is 1. The molecule has 110 valence electrons. The molecule has 2 aromatic rings. The maximum atomic E-state index is 12.5. The first-order valence-electron chi connectivity index (χ1n) is 6.98. The zero-order chi connectivity index (χ0) is 14.8. The number of carbonyl (C=O) groups excluding carboxylic acids is 1. The third kappa shape index (κ3) is 3.08. The Hall–Kier alpha value is -1.88. The summed E-state index contributed by atoms with van der Waals surface area (Å²) in [5, 5.41) is 4.40. The zero-order valence-corrected chi connectivity index (χ0v) is 12.5. The molecule has 0 unspecified atom stereocenters. The van der Waals surface area contributed by atoms with Crippen molar-refractivity contribution in [2.45, 2.75) is 25.7 Å². The number of carbonyl (C=O) groups is 1. The lowest BCUT2D eigenvalue weighted by atomic mass is 9.97. The van der Waals surface area contributed by atoms with E-state index in [-0.39, 0.29) is 11.8 Å². The molecule has 0 radical (unpaired) electrons. The molecule has 1 aromatic carbocycles. The fraction of sp³-hybridized carbons (Fsp3) is 0.400. The van der Waals surface area contributed by atoms with Gasteiger partial charge in [0.15, 0.2) is 5.82 Å².